The largest absolute Gasteiger partial charge is 0.462 e. The number of esters is 2. The molecule has 6 aliphatic carbocycles. The molecule has 4 heteroatoms. The molecule has 0 N–H and O–H groups in total. The Balaban J connectivity index is 1.17. The van der Waals surface area contributed by atoms with Gasteiger partial charge in [0.1, 0.15) is 12.2 Å². The standard InChI is InChI=1S/C29H42O4/c1-17(30)32-21-10-12-28(2)20(16-21)6-7-22-23-8-9-25(29(23,3)13-11-24(22)28)27(31)33-26-15-18-4-5-19(26)14-18/h6,18-19,21-26H,4-5,7-16H2,1-3H3/t18-,19-,21-,22+,23+,24+,25-,26-,28-,29-/m0/s1. The third kappa shape index (κ3) is 3.44. The third-order valence-corrected chi connectivity index (χ3v) is 11.6. The Kier molecular flexibility index (Phi) is 5.27. The van der Waals surface area contributed by atoms with Crippen LogP contribution in [0, 0.1) is 46.3 Å². The summed E-state index contributed by atoms with van der Waals surface area (Å²) in [6.07, 6.45) is 16.5. The molecule has 5 saturated carbocycles. The normalized spacial score (nSPS) is 50.1. The summed E-state index contributed by atoms with van der Waals surface area (Å²) in [5.41, 5.74) is 1.88. The van der Waals surface area contributed by atoms with E-state index in [1.807, 2.05) is 0 Å². The molecule has 6 aliphatic rings. The van der Waals surface area contributed by atoms with Gasteiger partial charge in [-0.2, -0.15) is 0 Å². The summed E-state index contributed by atoms with van der Waals surface area (Å²) in [7, 11) is 0. The fourth-order valence-electron chi connectivity index (χ4n) is 9.91. The second kappa shape index (κ2) is 7.85. The molecule has 0 radical (unpaired) electrons. The van der Waals surface area contributed by atoms with Gasteiger partial charge in [-0.15, -0.1) is 0 Å². The minimum absolute atomic E-state index is 0.0590. The van der Waals surface area contributed by atoms with Crippen LogP contribution in [0.15, 0.2) is 11.6 Å². The third-order valence-electron chi connectivity index (χ3n) is 11.6. The SMILES string of the molecule is CC(=O)O[C@H]1CC[C@@]2(C)C(=CC[C@@H]3[C@H]4CC[C@@H](C(=O)O[C@H]5C[C@H]6CC[C@H]5C6)[C@@]4(C)CC[C@H]32)C1. The number of ether oxygens (including phenoxy) is 2. The van der Waals surface area contributed by atoms with E-state index >= 15 is 0 Å². The lowest BCUT2D eigenvalue weighted by Gasteiger charge is -2.57. The highest BCUT2D eigenvalue weighted by Gasteiger charge is 2.60. The Labute approximate surface area is 199 Å². The van der Waals surface area contributed by atoms with Crippen molar-refractivity contribution in [3.8, 4) is 0 Å². The highest BCUT2D eigenvalue weighted by Crippen LogP contribution is 2.66. The van der Waals surface area contributed by atoms with Gasteiger partial charge >= 0.3 is 11.9 Å². The van der Waals surface area contributed by atoms with E-state index in [2.05, 4.69) is 19.9 Å². The second-order valence-electron chi connectivity index (χ2n) is 13.1. The topological polar surface area (TPSA) is 52.6 Å². The molecule has 0 aromatic rings. The molecule has 2 bridgehead atoms. The van der Waals surface area contributed by atoms with E-state index in [0.29, 0.717) is 23.7 Å². The molecule has 0 unspecified atom stereocenters. The smallest absolute Gasteiger partial charge is 0.309 e. The molecular weight excluding hydrogens is 412 g/mol. The Morgan fingerprint density at radius 3 is 2.52 bits per heavy atom. The van der Waals surface area contributed by atoms with E-state index in [1.165, 1.54) is 44.6 Å². The van der Waals surface area contributed by atoms with Crippen LogP contribution in [-0.4, -0.2) is 24.1 Å². The average molecular weight is 455 g/mol. The maximum absolute atomic E-state index is 13.4. The number of carbonyl (C=O) groups excluding carboxylic acids is 2. The van der Waals surface area contributed by atoms with Gasteiger partial charge < -0.3 is 9.47 Å². The summed E-state index contributed by atoms with van der Waals surface area (Å²) in [5.74, 6) is 3.56. The molecule has 0 aromatic heterocycles. The van der Waals surface area contributed by atoms with Crippen molar-refractivity contribution in [3.05, 3.63) is 11.6 Å². The summed E-state index contributed by atoms with van der Waals surface area (Å²) in [6, 6.07) is 0. The van der Waals surface area contributed by atoms with Crippen LogP contribution >= 0.6 is 0 Å². The molecule has 0 spiro atoms. The van der Waals surface area contributed by atoms with Crippen LogP contribution in [0.2, 0.25) is 0 Å². The number of carbonyl (C=O) groups is 2. The first-order chi connectivity index (χ1) is 15.8. The molecule has 0 aliphatic heterocycles. The van der Waals surface area contributed by atoms with Crippen LogP contribution in [0.25, 0.3) is 0 Å². The van der Waals surface area contributed by atoms with Gasteiger partial charge in [-0.3, -0.25) is 9.59 Å². The Morgan fingerprint density at radius 2 is 1.79 bits per heavy atom. The molecule has 10 atom stereocenters. The number of allylic oxidation sites excluding steroid dienone is 1. The summed E-state index contributed by atoms with van der Waals surface area (Å²) in [6.45, 7) is 6.44. The van der Waals surface area contributed by atoms with Crippen LogP contribution in [0.1, 0.15) is 97.8 Å². The number of rotatable bonds is 3. The number of fused-ring (bicyclic) bond motifs is 7. The molecule has 4 nitrogen and oxygen atoms in total. The maximum Gasteiger partial charge on any atom is 0.309 e. The van der Waals surface area contributed by atoms with Crippen molar-refractivity contribution < 1.29 is 19.1 Å². The van der Waals surface area contributed by atoms with Gasteiger partial charge in [-0.05, 0) is 111 Å². The first kappa shape index (κ1) is 22.2. The summed E-state index contributed by atoms with van der Waals surface area (Å²) in [5, 5.41) is 0. The Morgan fingerprint density at radius 1 is 0.939 bits per heavy atom. The van der Waals surface area contributed by atoms with E-state index < -0.39 is 0 Å². The Bertz CT molecular complexity index is 862. The fraction of sp³-hybridized carbons (Fsp3) is 0.862. The van der Waals surface area contributed by atoms with Crippen molar-refractivity contribution in [2.75, 3.05) is 0 Å². The predicted octanol–water partition coefficient (Wildman–Crippen LogP) is 6.23. The van der Waals surface area contributed by atoms with Gasteiger partial charge in [0.15, 0.2) is 0 Å². The quantitative estimate of drug-likeness (QED) is 0.375. The minimum atomic E-state index is -0.152. The monoisotopic (exact) mass is 454 g/mol. The van der Waals surface area contributed by atoms with Gasteiger partial charge in [0, 0.05) is 13.3 Å². The lowest BCUT2D eigenvalue weighted by molar-refractivity contribution is -0.164. The first-order valence-corrected chi connectivity index (χ1v) is 13.8. The molecule has 0 heterocycles. The van der Waals surface area contributed by atoms with E-state index in [1.54, 1.807) is 0 Å². The summed E-state index contributed by atoms with van der Waals surface area (Å²) in [4.78, 5) is 24.9. The first-order valence-electron chi connectivity index (χ1n) is 13.8. The molecular formula is C29H42O4. The van der Waals surface area contributed by atoms with E-state index in [4.69, 9.17) is 9.47 Å². The van der Waals surface area contributed by atoms with Crippen molar-refractivity contribution >= 4 is 11.9 Å². The molecule has 0 amide bonds. The fourth-order valence-corrected chi connectivity index (χ4v) is 9.91. The van der Waals surface area contributed by atoms with Gasteiger partial charge in [-0.25, -0.2) is 0 Å². The van der Waals surface area contributed by atoms with Crippen molar-refractivity contribution in [1.29, 1.82) is 0 Å². The highest BCUT2D eigenvalue weighted by atomic mass is 16.5. The van der Waals surface area contributed by atoms with Crippen LogP contribution < -0.4 is 0 Å². The van der Waals surface area contributed by atoms with Crippen molar-refractivity contribution in [2.24, 2.45) is 46.3 Å². The van der Waals surface area contributed by atoms with Gasteiger partial charge in [0.25, 0.3) is 0 Å². The molecule has 6 rings (SSSR count). The zero-order chi connectivity index (χ0) is 23.0. The number of hydrogen-bond donors (Lipinski definition) is 0. The van der Waals surface area contributed by atoms with Crippen LogP contribution in [-0.2, 0) is 19.1 Å². The molecule has 33 heavy (non-hydrogen) atoms. The van der Waals surface area contributed by atoms with Crippen LogP contribution in [0.5, 0.6) is 0 Å². The van der Waals surface area contributed by atoms with E-state index in [-0.39, 0.29) is 40.9 Å². The number of hydrogen-bond acceptors (Lipinski definition) is 4. The summed E-state index contributed by atoms with van der Waals surface area (Å²) < 4.78 is 11.8. The molecule has 182 valence electrons. The maximum atomic E-state index is 13.4. The minimum Gasteiger partial charge on any atom is -0.462 e. The molecule has 0 aromatic carbocycles. The van der Waals surface area contributed by atoms with Crippen molar-refractivity contribution in [3.63, 3.8) is 0 Å². The molecule has 5 fully saturated rings. The van der Waals surface area contributed by atoms with Gasteiger partial charge in [-0.1, -0.05) is 25.5 Å². The zero-order valence-corrected chi connectivity index (χ0v) is 20.8. The highest BCUT2D eigenvalue weighted by molar-refractivity contribution is 5.74. The Hall–Kier alpha value is -1.32. The van der Waals surface area contributed by atoms with Crippen molar-refractivity contribution in [2.45, 2.75) is 110 Å². The lowest BCUT2D eigenvalue weighted by atomic mass is 9.47. The lowest BCUT2D eigenvalue weighted by Crippen LogP contribution is -2.51. The van der Waals surface area contributed by atoms with Gasteiger partial charge in [0.05, 0.1) is 5.92 Å². The van der Waals surface area contributed by atoms with Crippen LogP contribution in [0.3, 0.4) is 0 Å². The predicted molar refractivity (Wildman–Crippen MR) is 126 cm³/mol. The van der Waals surface area contributed by atoms with E-state index in [0.717, 1.165) is 50.9 Å². The average Bonchev–Trinajstić information content (AvgIpc) is 3.47. The van der Waals surface area contributed by atoms with Gasteiger partial charge in [0.2, 0.25) is 0 Å². The molecule has 0 saturated heterocycles. The second-order valence-corrected chi connectivity index (χ2v) is 13.1. The summed E-state index contributed by atoms with van der Waals surface area (Å²) >= 11 is 0. The van der Waals surface area contributed by atoms with Crippen LogP contribution in [0.4, 0.5) is 0 Å². The van der Waals surface area contributed by atoms with Crippen molar-refractivity contribution in [1.82, 2.24) is 0 Å². The van der Waals surface area contributed by atoms with E-state index in [9.17, 15) is 9.59 Å². The zero-order valence-electron chi connectivity index (χ0n) is 20.8.